The van der Waals surface area contributed by atoms with Crippen LogP contribution in [0.4, 0.5) is 0 Å². The van der Waals surface area contributed by atoms with Gasteiger partial charge in [-0.15, -0.1) is 0 Å². The van der Waals surface area contributed by atoms with Crippen LogP contribution in [0.25, 0.3) is 0 Å². The highest BCUT2D eigenvalue weighted by Gasteiger charge is 2.23. The zero-order valence-electron chi connectivity index (χ0n) is 15.2. The molecule has 144 valence electrons. The Balaban J connectivity index is 1.32. The monoisotopic (exact) mass is 391 g/mol. The Labute approximate surface area is 162 Å². The smallest absolute Gasteiger partial charge is 0.227 e. The lowest BCUT2D eigenvalue weighted by Gasteiger charge is -2.34. The summed E-state index contributed by atoms with van der Waals surface area (Å²) in [4.78, 5) is 16.8. The first-order valence-electron chi connectivity index (χ1n) is 9.09. The number of carbonyl (C=O) groups excluding carboxylic acids is 1. The highest BCUT2D eigenvalue weighted by molar-refractivity contribution is 6.32. The van der Waals surface area contributed by atoms with Crippen molar-refractivity contribution in [3.8, 4) is 11.5 Å². The Morgan fingerprint density at radius 3 is 2.67 bits per heavy atom. The van der Waals surface area contributed by atoms with Crippen molar-refractivity contribution in [3.05, 3.63) is 40.2 Å². The summed E-state index contributed by atoms with van der Waals surface area (Å²) < 4.78 is 16.4. The predicted octanol–water partition coefficient (Wildman–Crippen LogP) is 2.29. The maximum atomic E-state index is 12.7. The molecule has 0 aliphatic carbocycles. The van der Waals surface area contributed by atoms with Crippen LogP contribution in [0.5, 0.6) is 11.5 Å². The van der Waals surface area contributed by atoms with Gasteiger partial charge in [0.15, 0.2) is 17.3 Å². The van der Waals surface area contributed by atoms with E-state index < -0.39 is 0 Å². The number of hydrogen-bond donors (Lipinski definition) is 0. The maximum absolute atomic E-state index is 12.7. The van der Waals surface area contributed by atoms with Crippen molar-refractivity contribution in [3.63, 3.8) is 0 Å². The van der Waals surface area contributed by atoms with Crippen LogP contribution in [0.1, 0.15) is 17.0 Å². The second-order valence-corrected chi connectivity index (χ2v) is 7.28. The van der Waals surface area contributed by atoms with Crippen LogP contribution in [0.3, 0.4) is 0 Å². The molecule has 8 heteroatoms. The average molecular weight is 392 g/mol. The van der Waals surface area contributed by atoms with Crippen LogP contribution in [-0.2, 0) is 17.8 Å². The summed E-state index contributed by atoms with van der Waals surface area (Å²) in [7, 11) is 0. The summed E-state index contributed by atoms with van der Waals surface area (Å²) in [6.45, 7) is 6.64. The first-order valence-corrected chi connectivity index (χ1v) is 9.46. The molecule has 0 saturated carbocycles. The number of fused-ring (bicyclic) bond motifs is 1. The molecular weight excluding hydrogens is 370 g/mol. The largest absolute Gasteiger partial charge is 0.486 e. The van der Waals surface area contributed by atoms with Gasteiger partial charge < -0.3 is 18.9 Å². The summed E-state index contributed by atoms with van der Waals surface area (Å²) in [6.07, 6.45) is 0.303. The van der Waals surface area contributed by atoms with E-state index in [0.717, 1.165) is 36.7 Å². The molecule has 4 rings (SSSR count). The molecular formula is C19H22ClN3O4. The van der Waals surface area contributed by atoms with Gasteiger partial charge in [-0.05, 0) is 24.6 Å². The minimum absolute atomic E-state index is 0.0953. The fourth-order valence-corrected chi connectivity index (χ4v) is 3.71. The number of nitrogens with zero attached hydrogens (tertiary/aromatic N) is 3. The fraction of sp³-hybridized carbons (Fsp3) is 0.474. The van der Waals surface area contributed by atoms with Gasteiger partial charge in [0.05, 0.1) is 23.7 Å². The molecule has 2 aliphatic heterocycles. The molecule has 3 heterocycles. The van der Waals surface area contributed by atoms with Crippen LogP contribution in [0.15, 0.2) is 22.7 Å². The summed E-state index contributed by atoms with van der Waals surface area (Å²) in [6, 6.07) is 5.58. The van der Waals surface area contributed by atoms with E-state index in [9.17, 15) is 4.79 Å². The molecule has 0 unspecified atom stereocenters. The van der Waals surface area contributed by atoms with Gasteiger partial charge >= 0.3 is 0 Å². The normalized spacial score (nSPS) is 17.2. The molecule has 0 radical (unpaired) electrons. The van der Waals surface area contributed by atoms with E-state index in [1.54, 1.807) is 6.07 Å². The van der Waals surface area contributed by atoms with Gasteiger partial charge in [-0.3, -0.25) is 9.69 Å². The van der Waals surface area contributed by atoms with Crippen molar-refractivity contribution in [2.45, 2.75) is 19.9 Å². The van der Waals surface area contributed by atoms with Crippen LogP contribution in [0, 0.1) is 6.92 Å². The molecule has 0 atom stereocenters. The number of hydrogen-bond acceptors (Lipinski definition) is 6. The lowest BCUT2D eigenvalue weighted by molar-refractivity contribution is -0.132. The molecule has 2 aromatic rings. The Morgan fingerprint density at radius 1 is 1.15 bits per heavy atom. The second-order valence-electron chi connectivity index (χ2n) is 6.87. The summed E-state index contributed by atoms with van der Waals surface area (Å²) in [5.74, 6) is 2.13. The van der Waals surface area contributed by atoms with Crippen molar-refractivity contribution in [2.24, 2.45) is 0 Å². The summed E-state index contributed by atoms with van der Waals surface area (Å²) in [5, 5.41) is 4.40. The van der Waals surface area contributed by atoms with E-state index >= 15 is 0 Å². The third-order valence-electron chi connectivity index (χ3n) is 4.79. The second kappa shape index (κ2) is 7.78. The van der Waals surface area contributed by atoms with Crippen LogP contribution in [-0.4, -0.2) is 60.3 Å². The zero-order chi connectivity index (χ0) is 18.8. The van der Waals surface area contributed by atoms with Gasteiger partial charge in [-0.25, -0.2) is 0 Å². The Hall–Kier alpha value is -2.25. The molecule has 1 aromatic carbocycles. The van der Waals surface area contributed by atoms with E-state index in [1.807, 2.05) is 24.0 Å². The zero-order valence-corrected chi connectivity index (χ0v) is 16.0. The lowest BCUT2D eigenvalue weighted by atomic mass is 10.1. The molecule has 1 amide bonds. The van der Waals surface area contributed by atoms with E-state index in [1.165, 1.54) is 0 Å². The molecule has 7 nitrogen and oxygen atoms in total. The van der Waals surface area contributed by atoms with Gasteiger partial charge in [-0.1, -0.05) is 16.8 Å². The first-order chi connectivity index (χ1) is 13.1. The number of carbonyl (C=O) groups is 1. The van der Waals surface area contributed by atoms with E-state index in [2.05, 4.69) is 10.1 Å². The third-order valence-corrected chi connectivity index (χ3v) is 5.07. The number of amides is 1. The number of rotatable bonds is 4. The Bertz CT molecular complexity index is 830. The number of piperazine rings is 1. The topological polar surface area (TPSA) is 68.0 Å². The Kier molecular flexibility index (Phi) is 5.22. The van der Waals surface area contributed by atoms with E-state index in [0.29, 0.717) is 49.2 Å². The highest BCUT2D eigenvalue weighted by atomic mass is 35.5. The first kappa shape index (κ1) is 18.1. The maximum Gasteiger partial charge on any atom is 0.227 e. The number of aromatic nitrogens is 1. The van der Waals surface area contributed by atoms with E-state index in [-0.39, 0.29) is 5.91 Å². The van der Waals surface area contributed by atoms with Crippen molar-refractivity contribution < 1.29 is 18.8 Å². The van der Waals surface area contributed by atoms with Gasteiger partial charge in [-0.2, -0.15) is 0 Å². The van der Waals surface area contributed by atoms with Gasteiger partial charge in [0.2, 0.25) is 5.91 Å². The average Bonchev–Trinajstić information content (AvgIpc) is 3.07. The van der Waals surface area contributed by atoms with E-state index in [4.69, 9.17) is 25.6 Å². The molecule has 0 bridgehead atoms. The Morgan fingerprint density at radius 2 is 1.93 bits per heavy atom. The molecule has 1 aromatic heterocycles. The van der Waals surface area contributed by atoms with Crippen LogP contribution >= 0.6 is 11.6 Å². The summed E-state index contributed by atoms with van der Waals surface area (Å²) in [5.41, 5.74) is 1.73. The van der Waals surface area contributed by atoms with Gasteiger partial charge in [0, 0.05) is 32.2 Å². The number of benzene rings is 1. The molecule has 2 aliphatic rings. The molecule has 27 heavy (non-hydrogen) atoms. The SMILES string of the molecule is Cc1cc(CN2CCN(C(=O)Cc3cc(Cl)c4c(c3)OCCO4)CC2)on1. The van der Waals surface area contributed by atoms with Crippen LogP contribution < -0.4 is 9.47 Å². The lowest BCUT2D eigenvalue weighted by Crippen LogP contribution is -2.48. The summed E-state index contributed by atoms with van der Waals surface area (Å²) >= 11 is 6.26. The third kappa shape index (κ3) is 4.20. The quantitative estimate of drug-likeness (QED) is 0.796. The number of aryl methyl sites for hydroxylation is 1. The van der Waals surface area contributed by atoms with Crippen molar-refractivity contribution in [1.82, 2.24) is 15.0 Å². The van der Waals surface area contributed by atoms with Crippen molar-refractivity contribution in [1.29, 1.82) is 0 Å². The standard InChI is InChI=1S/C19H22ClN3O4/c1-13-8-15(27-21-13)12-22-2-4-23(5-3-22)18(24)11-14-9-16(20)19-17(10-14)25-6-7-26-19/h8-10H,2-7,11-12H2,1H3. The number of ether oxygens (including phenoxy) is 2. The van der Waals surface area contributed by atoms with Crippen LogP contribution in [0.2, 0.25) is 5.02 Å². The van der Waals surface area contributed by atoms with Crippen molar-refractivity contribution >= 4 is 17.5 Å². The molecule has 0 spiro atoms. The van der Waals surface area contributed by atoms with Gasteiger partial charge in [0.25, 0.3) is 0 Å². The van der Waals surface area contributed by atoms with Gasteiger partial charge in [0.1, 0.15) is 13.2 Å². The minimum atomic E-state index is 0.0953. The number of halogens is 1. The highest BCUT2D eigenvalue weighted by Crippen LogP contribution is 2.38. The molecule has 1 fully saturated rings. The van der Waals surface area contributed by atoms with Crippen molar-refractivity contribution in [2.75, 3.05) is 39.4 Å². The minimum Gasteiger partial charge on any atom is -0.486 e. The molecule has 0 N–H and O–H groups in total. The predicted molar refractivity (Wildman–Crippen MR) is 99.2 cm³/mol. The molecule has 1 saturated heterocycles. The fourth-order valence-electron chi connectivity index (χ4n) is 3.42.